The van der Waals surface area contributed by atoms with E-state index in [-0.39, 0.29) is 11.8 Å². The van der Waals surface area contributed by atoms with Gasteiger partial charge in [0.2, 0.25) is 5.91 Å². The Labute approximate surface area is 82.9 Å². The van der Waals surface area contributed by atoms with Crippen LogP contribution >= 0.6 is 0 Å². The summed E-state index contributed by atoms with van der Waals surface area (Å²) < 4.78 is 0. The van der Waals surface area contributed by atoms with Crippen molar-refractivity contribution in [3.8, 4) is 0 Å². The average Bonchev–Trinajstić information content (AvgIpc) is 2.69. The zero-order chi connectivity index (χ0) is 10.3. The third kappa shape index (κ3) is 1.49. The molecule has 14 heavy (non-hydrogen) atoms. The highest BCUT2D eigenvalue weighted by Gasteiger charge is 2.45. The van der Waals surface area contributed by atoms with E-state index in [1.54, 1.807) is 4.90 Å². The quantitative estimate of drug-likeness (QED) is 0.709. The molecule has 3 atom stereocenters. The van der Waals surface area contributed by atoms with Gasteiger partial charge in [0.05, 0.1) is 0 Å². The van der Waals surface area contributed by atoms with E-state index < -0.39 is 12.0 Å². The van der Waals surface area contributed by atoms with Gasteiger partial charge in [-0.05, 0) is 25.2 Å². The largest absolute Gasteiger partial charge is 0.480 e. The molecule has 0 radical (unpaired) electrons. The van der Waals surface area contributed by atoms with Crippen LogP contribution < -0.4 is 0 Å². The first-order valence-corrected chi connectivity index (χ1v) is 5.14. The molecule has 0 spiro atoms. The molecule has 1 aliphatic carbocycles. The molecular formula is C10H15NO3. The number of carboxylic acids is 1. The Morgan fingerprint density at radius 1 is 1.43 bits per heavy atom. The van der Waals surface area contributed by atoms with Gasteiger partial charge in [0.1, 0.15) is 6.04 Å². The molecular weight excluding hydrogens is 182 g/mol. The molecule has 0 aromatic carbocycles. The summed E-state index contributed by atoms with van der Waals surface area (Å²) in [5.41, 5.74) is 0. The number of carbonyl (C=O) groups excluding carboxylic acids is 1. The van der Waals surface area contributed by atoms with E-state index in [1.807, 2.05) is 6.92 Å². The Hall–Kier alpha value is -1.06. The number of carbonyl (C=O) groups is 2. The molecule has 1 amide bonds. The fourth-order valence-corrected chi connectivity index (χ4v) is 2.17. The highest BCUT2D eigenvalue weighted by molar-refractivity contribution is 5.87. The van der Waals surface area contributed by atoms with Crippen LogP contribution in [0.5, 0.6) is 0 Å². The van der Waals surface area contributed by atoms with E-state index in [4.69, 9.17) is 5.11 Å². The molecule has 4 nitrogen and oxygen atoms in total. The summed E-state index contributed by atoms with van der Waals surface area (Å²) in [5.74, 6) is -0.237. The maximum absolute atomic E-state index is 11.8. The van der Waals surface area contributed by atoms with Gasteiger partial charge in [0.25, 0.3) is 0 Å². The van der Waals surface area contributed by atoms with Crippen molar-refractivity contribution in [2.45, 2.75) is 32.2 Å². The Morgan fingerprint density at radius 3 is 2.57 bits per heavy atom. The fraction of sp³-hybridized carbons (Fsp3) is 0.800. The lowest BCUT2D eigenvalue weighted by atomic mass is 10.2. The van der Waals surface area contributed by atoms with Crippen LogP contribution in [0.2, 0.25) is 0 Å². The molecule has 1 heterocycles. The van der Waals surface area contributed by atoms with Gasteiger partial charge in [-0.1, -0.05) is 6.92 Å². The van der Waals surface area contributed by atoms with E-state index in [0.717, 1.165) is 12.8 Å². The zero-order valence-corrected chi connectivity index (χ0v) is 8.27. The first-order valence-electron chi connectivity index (χ1n) is 5.14. The molecule has 4 heteroatoms. The van der Waals surface area contributed by atoms with Gasteiger partial charge in [0.15, 0.2) is 0 Å². The molecule has 0 aromatic heterocycles. The number of nitrogens with zero attached hydrogens (tertiary/aromatic N) is 1. The zero-order valence-electron chi connectivity index (χ0n) is 8.27. The van der Waals surface area contributed by atoms with Crippen LogP contribution in [0.25, 0.3) is 0 Å². The Morgan fingerprint density at radius 2 is 2.07 bits per heavy atom. The predicted octanol–water partition coefficient (Wildman–Crippen LogP) is 0.718. The van der Waals surface area contributed by atoms with Gasteiger partial charge in [-0.3, -0.25) is 4.79 Å². The topological polar surface area (TPSA) is 57.6 Å². The van der Waals surface area contributed by atoms with Crippen LogP contribution in [0.15, 0.2) is 0 Å². The number of hydrogen-bond donors (Lipinski definition) is 1. The van der Waals surface area contributed by atoms with Crippen LogP contribution in [0.4, 0.5) is 0 Å². The second-order valence-electron chi connectivity index (χ2n) is 4.35. The molecule has 1 aliphatic heterocycles. The van der Waals surface area contributed by atoms with Crippen molar-refractivity contribution in [2.24, 2.45) is 11.8 Å². The van der Waals surface area contributed by atoms with E-state index in [1.165, 1.54) is 0 Å². The summed E-state index contributed by atoms with van der Waals surface area (Å²) in [4.78, 5) is 24.2. The molecule has 1 saturated heterocycles. The van der Waals surface area contributed by atoms with Gasteiger partial charge in [0, 0.05) is 12.5 Å². The summed E-state index contributed by atoms with van der Waals surface area (Å²) in [6, 6.07) is -0.560. The minimum Gasteiger partial charge on any atom is -0.480 e. The average molecular weight is 197 g/mol. The van der Waals surface area contributed by atoms with Crippen molar-refractivity contribution in [1.29, 1.82) is 0 Å². The SMILES string of the molecule is C[C@@H]1C[C@@H]1C(=O)N1CCC[C@@H]1C(=O)O. The van der Waals surface area contributed by atoms with Gasteiger partial charge in [-0.2, -0.15) is 0 Å². The highest BCUT2D eigenvalue weighted by atomic mass is 16.4. The Kier molecular flexibility index (Phi) is 2.21. The first-order chi connectivity index (χ1) is 6.61. The summed E-state index contributed by atoms with van der Waals surface area (Å²) in [7, 11) is 0. The Balaban J connectivity index is 2.02. The van der Waals surface area contributed by atoms with Crippen molar-refractivity contribution >= 4 is 11.9 Å². The molecule has 78 valence electrons. The van der Waals surface area contributed by atoms with E-state index in [2.05, 4.69) is 0 Å². The van der Waals surface area contributed by atoms with Crippen molar-refractivity contribution in [2.75, 3.05) is 6.54 Å². The molecule has 0 aromatic rings. The fourth-order valence-electron chi connectivity index (χ4n) is 2.17. The van der Waals surface area contributed by atoms with E-state index in [9.17, 15) is 9.59 Å². The number of rotatable bonds is 2. The van der Waals surface area contributed by atoms with Crippen LogP contribution in [-0.2, 0) is 9.59 Å². The Bertz CT molecular complexity index is 277. The van der Waals surface area contributed by atoms with Crippen molar-refractivity contribution in [3.63, 3.8) is 0 Å². The van der Waals surface area contributed by atoms with Gasteiger partial charge in [-0.25, -0.2) is 4.79 Å². The summed E-state index contributed by atoms with van der Waals surface area (Å²) in [6.45, 7) is 2.66. The predicted molar refractivity (Wildman–Crippen MR) is 49.6 cm³/mol. The van der Waals surface area contributed by atoms with Crippen molar-refractivity contribution in [3.05, 3.63) is 0 Å². The van der Waals surface area contributed by atoms with Crippen LogP contribution in [0, 0.1) is 11.8 Å². The minimum atomic E-state index is -0.857. The molecule has 2 rings (SSSR count). The lowest BCUT2D eigenvalue weighted by molar-refractivity contribution is -0.148. The number of aliphatic carboxylic acids is 1. The van der Waals surface area contributed by atoms with E-state index in [0.29, 0.717) is 18.9 Å². The molecule has 0 bridgehead atoms. The second kappa shape index (κ2) is 3.26. The molecule has 0 unspecified atom stereocenters. The summed E-state index contributed by atoms with van der Waals surface area (Å²) >= 11 is 0. The summed E-state index contributed by atoms with van der Waals surface area (Å²) in [6.07, 6.45) is 2.37. The van der Waals surface area contributed by atoms with Gasteiger partial charge < -0.3 is 10.0 Å². The maximum atomic E-state index is 11.8. The van der Waals surface area contributed by atoms with Crippen LogP contribution in [0.1, 0.15) is 26.2 Å². The highest BCUT2D eigenvalue weighted by Crippen LogP contribution is 2.40. The third-order valence-corrected chi connectivity index (χ3v) is 3.25. The number of amides is 1. The monoisotopic (exact) mass is 197 g/mol. The number of hydrogen-bond acceptors (Lipinski definition) is 2. The van der Waals surface area contributed by atoms with Gasteiger partial charge in [-0.15, -0.1) is 0 Å². The minimum absolute atomic E-state index is 0.0578. The number of carboxylic acid groups (broad SMARTS) is 1. The maximum Gasteiger partial charge on any atom is 0.326 e. The lowest BCUT2D eigenvalue weighted by Crippen LogP contribution is -2.41. The summed E-state index contributed by atoms with van der Waals surface area (Å²) in [5, 5.41) is 8.91. The molecule has 2 fully saturated rings. The van der Waals surface area contributed by atoms with Crippen LogP contribution in [0.3, 0.4) is 0 Å². The lowest BCUT2D eigenvalue weighted by Gasteiger charge is -2.21. The molecule has 1 saturated carbocycles. The first kappa shape index (κ1) is 9.49. The number of likely N-dealkylation sites (tertiary alicyclic amines) is 1. The van der Waals surface area contributed by atoms with Gasteiger partial charge >= 0.3 is 5.97 Å². The van der Waals surface area contributed by atoms with Crippen molar-refractivity contribution in [1.82, 2.24) is 4.90 Å². The smallest absolute Gasteiger partial charge is 0.326 e. The normalized spacial score (nSPS) is 35.8. The van der Waals surface area contributed by atoms with Crippen molar-refractivity contribution < 1.29 is 14.7 Å². The third-order valence-electron chi connectivity index (χ3n) is 3.25. The second-order valence-corrected chi connectivity index (χ2v) is 4.35. The van der Waals surface area contributed by atoms with Crippen LogP contribution in [-0.4, -0.2) is 34.5 Å². The standard InChI is InChI=1S/C10H15NO3/c1-6-5-7(6)9(12)11-4-2-3-8(11)10(13)14/h6-8H,2-5H2,1H3,(H,13,14)/t6-,7+,8-/m1/s1. The molecule has 2 aliphatic rings. The molecule has 1 N–H and O–H groups in total. The van der Waals surface area contributed by atoms with E-state index >= 15 is 0 Å².